The van der Waals surface area contributed by atoms with Gasteiger partial charge in [0.25, 0.3) is 5.91 Å². The van der Waals surface area contributed by atoms with E-state index >= 15 is 0 Å². The highest BCUT2D eigenvalue weighted by Crippen LogP contribution is 2.25. The van der Waals surface area contributed by atoms with Crippen LogP contribution in [0.1, 0.15) is 41.7 Å². The molecule has 7 heteroatoms. The number of carbonyl (C=O) groups excluding carboxylic acids is 1. The lowest BCUT2D eigenvalue weighted by atomic mass is 9.92. The third kappa shape index (κ3) is 3.16. The van der Waals surface area contributed by atoms with Crippen molar-refractivity contribution in [2.75, 3.05) is 0 Å². The lowest BCUT2D eigenvalue weighted by Crippen LogP contribution is -2.39. The SMILES string of the molecule is Cc1ncccc1OC1CCC(NC(=O)c2cnn3ccn(C)c23)CC1. The molecule has 0 bridgehead atoms. The molecule has 1 aliphatic carbocycles. The standard InChI is InChI=1S/C19H23N5O2/c1-13-17(4-3-9-20-13)26-15-7-5-14(6-8-15)22-18(25)16-12-21-24-11-10-23(2)19(16)24/h3-4,9-12,14-15H,5-8H2,1-2H3,(H,22,25). The molecule has 1 N–H and O–H groups in total. The van der Waals surface area contributed by atoms with E-state index in [1.165, 1.54) is 0 Å². The number of rotatable bonds is 4. The minimum atomic E-state index is -0.0609. The van der Waals surface area contributed by atoms with Gasteiger partial charge in [-0.2, -0.15) is 5.10 Å². The summed E-state index contributed by atoms with van der Waals surface area (Å²) >= 11 is 0. The number of aryl methyl sites for hydroxylation is 2. The number of pyridine rings is 1. The monoisotopic (exact) mass is 353 g/mol. The fourth-order valence-corrected chi connectivity index (χ4v) is 3.57. The summed E-state index contributed by atoms with van der Waals surface area (Å²) in [4.78, 5) is 16.9. The van der Waals surface area contributed by atoms with E-state index in [9.17, 15) is 4.79 Å². The number of carbonyl (C=O) groups is 1. The molecule has 0 saturated heterocycles. The van der Waals surface area contributed by atoms with Gasteiger partial charge in [-0.25, -0.2) is 4.52 Å². The van der Waals surface area contributed by atoms with E-state index in [1.807, 2.05) is 43.1 Å². The quantitative estimate of drug-likeness (QED) is 0.782. The molecule has 1 aliphatic rings. The van der Waals surface area contributed by atoms with E-state index in [1.54, 1.807) is 16.9 Å². The summed E-state index contributed by atoms with van der Waals surface area (Å²) in [6, 6.07) is 4.03. The number of amides is 1. The number of imidazole rings is 1. The second-order valence-electron chi connectivity index (χ2n) is 6.89. The molecule has 136 valence electrons. The molecular weight excluding hydrogens is 330 g/mol. The van der Waals surface area contributed by atoms with E-state index in [0.717, 1.165) is 42.8 Å². The molecule has 0 aliphatic heterocycles. The van der Waals surface area contributed by atoms with Crippen LogP contribution in [-0.2, 0) is 7.05 Å². The lowest BCUT2D eigenvalue weighted by Gasteiger charge is -2.29. The van der Waals surface area contributed by atoms with Crippen LogP contribution in [0.15, 0.2) is 36.9 Å². The first-order valence-corrected chi connectivity index (χ1v) is 8.99. The molecule has 1 fully saturated rings. The predicted octanol–water partition coefficient (Wildman–Crippen LogP) is 2.50. The largest absolute Gasteiger partial charge is 0.489 e. The van der Waals surface area contributed by atoms with E-state index < -0.39 is 0 Å². The van der Waals surface area contributed by atoms with Crippen LogP contribution in [0.5, 0.6) is 5.75 Å². The summed E-state index contributed by atoms with van der Waals surface area (Å²) in [7, 11) is 1.91. The summed E-state index contributed by atoms with van der Waals surface area (Å²) in [5.41, 5.74) is 2.34. The predicted molar refractivity (Wildman–Crippen MR) is 97.3 cm³/mol. The van der Waals surface area contributed by atoms with Gasteiger partial charge in [-0.1, -0.05) is 0 Å². The van der Waals surface area contributed by atoms with Gasteiger partial charge in [0.15, 0.2) is 0 Å². The second kappa shape index (κ2) is 6.82. The Kier molecular flexibility index (Phi) is 4.36. The Bertz CT molecular complexity index is 921. The molecule has 0 aromatic carbocycles. The number of fused-ring (bicyclic) bond motifs is 1. The molecule has 3 heterocycles. The van der Waals surface area contributed by atoms with Crippen molar-refractivity contribution in [1.29, 1.82) is 0 Å². The molecule has 0 unspecified atom stereocenters. The van der Waals surface area contributed by atoms with Gasteiger partial charge < -0.3 is 14.6 Å². The molecular formula is C19H23N5O2. The first-order valence-electron chi connectivity index (χ1n) is 8.99. The maximum absolute atomic E-state index is 12.6. The van der Waals surface area contributed by atoms with Gasteiger partial charge in [0.05, 0.1) is 18.0 Å². The van der Waals surface area contributed by atoms with Crippen molar-refractivity contribution >= 4 is 11.6 Å². The molecule has 7 nitrogen and oxygen atoms in total. The van der Waals surface area contributed by atoms with E-state index in [2.05, 4.69) is 15.4 Å². The average molecular weight is 353 g/mol. The van der Waals surface area contributed by atoms with Crippen molar-refractivity contribution < 1.29 is 9.53 Å². The second-order valence-corrected chi connectivity index (χ2v) is 6.89. The highest BCUT2D eigenvalue weighted by molar-refractivity contribution is 5.99. The lowest BCUT2D eigenvalue weighted by molar-refractivity contribution is 0.0894. The van der Waals surface area contributed by atoms with Gasteiger partial charge in [-0.3, -0.25) is 9.78 Å². The van der Waals surface area contributed by atoms with Crippen molar-refractivity contribution in [2.45, 2.75) is 44.8 Å². The zero-order valence-corrected chi connectivity index (χ0v) is 15.1. The van der Waals surface area contributed by atoms with E-state index in [-0.39, 0.29) is 18.1 Å². The normalized spacial score (nSPS) is 20.2. The fourth-order valence-electron chi connectivity index (χ4n) is 3.57. The zero-order valence-electron chi connectivity index (χ0n) is 15.1. The van der Waals surface area contributed by atoms with Crippen LogP contribution in [0.3, 0.4) is 0 Å². The van der Waals surface area contributed by atoms with Crippen LogP contribution in [-0.4, -0.2) is 37.2 Å². The third-order valence-corrected chi connectivity index (χ3v) is 5.04. The molecule has 1 amide bonds. The average Bonchev–Trinajstić information content (AvgIpc) is 3.22. The maximum Gasteiger partial charge on any atom is 0.256 e. The topological polar surface area (TPSA) is 73.4 Å². The minimum Gasteiger partial charge on any atom is -0.489 e. The van der Waals surface area contributed by atoms with Gasteiger partial charge >= 0.3 is 0 Å². The van der Waals surface area contributed by atoms with Crippen LogP contribution in [0.4, 0.5) is 0 Å². The number of nitrogens with one attached hydrogen (secondary N) is 1. The first kappa shape index (κ1) is 16.6. The smallest absolute Gasteiger partial charge is 0.256 e. The van der Waals surface area contributed by atoms with Crippen molar-refractivity contribution in [1.82, 2.24) is 24.5 Å². The summed E-state index contributed by atoms with van der Waals surface area (Å²) in [6.07, 6.45) is 11.0. The molecule has 0 atom stereocenters. The summed E-state index contributed by atoms with van der Waals surface area (Å²) in [5.74, 6) is 0.792. The van der Waals surface area contributed by atoms with Crippen molar-refractivity contribution in [2.24, 2.45) is 7.05 Å². The van der Waals surface area contributed by atoms with Crippen LogP contribution >= 0.6 is 0 Å². The Hall–Kier alpha value is -2.83. The minimum absolute atomic E-state index is 0.0609. The molecule has 26 heavy (non-hydrogen) atoms. The van der Waals surface area contributed by atoms with Crippen LogP contribution < -0.4 is 10.1 Å². The number of hydrogen-bond donors (Lipinski definition) is 1. The number of aromatic nitrogens is 4. The highest BCUT2D eigenvalue weighted by Gasteiger charge is 2.25. The maximum atomic E-state index is 12.6. The Labute approximate surface area is 152 Å². The van der Waals surface area contributed by atoms with Gasteiger partial charge in [-0.05, 0) is 44.7 Å². The zero-order chi connectivity index (χ0) is 18.1. The molecule has 1 saturated carbocycles. The third-order valence-electron chi connectivity index (χ3n) is 5.04. The van der Waals surface area contributed by atoms with Crippen molar-refractivity contribution in [3.8, 4) is 5.75 Å². The summed E-state index contributed by atoms with van der Waals surface area (Å²) in [6.45, 7) is 1.96. The Morgan fingerprint density at radius 2 is 2.08 bits per heavy atom. The van der Waals surface area contributed by atoms with Crippen molar-refractivity contribution in [3.63, 3.8) is 0 Å². The Morgan fingerprint density at radius 3 is 2.85 bits per heavy atom. The molecule has 3 aromatic heterocycles. The van der Waals surface area contributed by atoms with Crippen LogP contribution in [0.2, 0.25) is 0 Å². The molecule has 4 rings (SSSR count). The van der Waals surface area contributed by atoms with Crippen LogP contribution in [0.25, 0.3) is 5.65 Å². The number of nitrogens with zero attached hydrogens (tertiary/aromatic N) is 4. The molecule has 0 radical (unpaired) electrons. The summed E-state index contributed by atoms with van der Waals surface area (Å²) in [5, 5.41) is 7.38. The van der Waals surface area contributed by atoms with Gasteiger partial charge in [-0.15, -0.1) is 0 Å². The van der Waals surface area contributed by atoms with Gasteiger partial charge in [0.1, 0.15) is 17.0 Å². The van der Waals surface area contributed by atoms with E-state index in [4.69, 9.17) is 4.74 Å². The number of ether oxygens (including phenoxy) is 1. The first-order chi connectivity index (χ1) is 12.6. The van der Waals surface area contributed by atoms with E-state index in [0.29, 0.717) is 5.56 Å². The highest BCUT2D eigenvalue weighted by atomic mass is 16.5. The van der Waals surface area contributed by atoms with Crippen molar-refractivity contribution in [3.05, 3.63) is 48.2 Å². The van der Waals surface area contributed by atoms with Gasteiger partial charge in [0, 0.05) is 31.7 Å². The molecule has 3 aromatic rings. The fraction of sp³-hybridized carbons (Fsp3) is 0.421. The number of hydrogen-bond acceptors (Lipinski definition) is 4. The summed E-state index contributed by atoms with van der Waals surface area (Å²) < 4.78 is 9.71. The van der Waals surface area contributed by atoms with Gasteiger partial charge in [0.2, 0.25) is 0 Å². The Morgan fingerprint density at radius 1 is 1.27 bits per heavy atom. The molecule has 0 spiro atoms. The van der Waals surface area contributed by atoms with Crippen LogP contribution in [0, 0.1) is 6.92 Å². The Balaban J connectivity index is 1.34.